The number of rotatable bonds is 2. The van der Waals surface area contributed by atoms with Crippen LogP contribution < -0.4 is 0 Å². The fourth-order valence-electron chi connectivity index (χ4n) is 0.0816. The summed E-state index contributed by atoms with van der Waals surface area (Å²) in [5.41, 5.74) is 0. The Labute approximate surface area is 78.3 Å². The second kappa shape index (κ2) is 3.93. The van der Waals surface area contributed by atoms with Gasteiger partial charge in [-0.2, -0.15) is 17.2 Å². The Morgan fingerprint density at radius 2 is 1.70 bits per heavy atom. The van der Waals surface area contributed by atoms with Crippen molar-refractivity contribution >= 4 is 39.7 Å². The van der Waals surface area contributed by atoms with E-state index in [0.717, 1.165) is 0 Å². The van der Waals surface area contributed by atoms with Gasteiger partial charge in [0.15, 0.2) is 0 Å². The van der Waals surface area contributed by atoms with Gasteiger partial charge >= 0.3 is 44.9 Å². The van der Waals surface area contributed by atoms with Crippen LogP contribution in [0.3, 0.4) is 0 Å². The van der Waals surface area contributed by atoms with Gasteiger partial charge < -0.3 is 5.11 Å². The van der Waals surface area contributed by atoms with Gasteiger partial charge in [-0.15, -0.1) is 0 Å². The number of hydrogen-bond acceptors (Lipinski definition) is 3. The maximum absolute atomic E-state index is 11.6. The zero-order chi connectivity index (χ0) is 7.71. The van der Waals surface area contributed by atoms with E-state index in [9.17, 15) is 17.2 Å². The minimum atomic E-state index is -5.44. The van der Waals surface area contributed by atoms with E-state index in [4.69, 9.17) is 9.66 Å². The van der Waals surface area contributed by atoms with Crippen molar-refractivity contribution in [2.75, 3.05) is 6.61 Å². The molecule has 0 amide bonds. The van der Waals surface area contributed by atoms with Crippen LogP contribution in [-0.2, 0) is 10.1 Å². The minimum absolute atomic E-state index is 0. The monoisotopic (exact) mass is 186 g/mol. The molecule has 0 aromatic carbocycles. The molecule has 58 valence electrons. The van der Waals surface area contributed by atoms with Gasteiger partial charge in [0.1, 0.15) is 6.61 Å². The Morgan fingerprint density at radius 3 is 1.70 bits per heavy atom. The molecule has 0 fully saturated rings. The van der Waals surface area contributed by atoms with E-state index in [2.05, 4.69) is 0 Å². The SMILES string of the molecule is O=S(=O)(O)C(F)(F)CO.[NaH]. The number of halogens is 2. The van der Waals surface area contributed by atoms with Gasteiger partial charge in [0.05, 0.1) is 0 Å². The molecule has 0 rings (SSSR count). The number of aliphatic hydroxyl groups excluding tert-OH is 1. The predicted octanol–water partition coefficient (Wildman–Crippen LogP) is -1.19. The van der Waals surface area contributed by atoms with Crippen molar-refractivity contribution in [3.8, 4) is 0 Å². The van der Waals surface area contributed by atoms with Crippen LogP contribution in [0.1, 0.15) is 0 Å². The van der Waals surface area contributed by atoms with Crippen LogP contribution in [-0.4, -0.2) is 59.5 Å². The van der Waals surface area contributed by atoms with Gasteiger partial charge in [0.2, 0.25) is 0 Å². The molecule has 4 nitrogen and oxygen atoms in total. The van der Waals surface area contributed by atoms with Crippen LogP contribution in [0.4, 0.5) is 8.78 Å². The van der Waals surface area contributed by atoms with E-state index in [1.807, 2.05) is 0 Å². The van der Waals surface area contributed by atoms with E-state index in [1.54, 1.807) is 0 Å². The van der Waals surface area contributed by atoms with Crippen LogP contribution >= 0.6 is 0 Å². The van der Waals surface area contributed by atoms with Gasteiger partial charge in [-0.05, 0) is 0 Å². The van der Waals surface area contributed by atoms with Gasteiger partial charge in [0.25, 0.3) is 0 Å². The summed E-state index contributed by atoms with van der Waals surface area (Å²) in [6.07, 6.45) is 0. The normalized spacial score (nSPS) is 12.4. The molecule has 10 heavy (non-hydrogen) atoms. The molecule has 0 radical (unpaired) electrons. The van der Waals surface area contributed by atoms with Crippen LogP contribution in [0.15, 0.2) is 0 Å². The Kier molecular flexibility index (Phi) is 5.24. The van der Waals surface area contributed by atoms with Crippen molar-refractivity contribution < 1.29 is 26.9 Å². The van der Waals surface area contributed by atoms with Gasteiger partial charge in [0, 0.05) is 0 Å². The quantitative estimate of drug-likeness (QED) is 0.420. The topological polar surface area (TPSA) is 74.6 Å². The Balaban J connectivity index is 0. The molecular weight excluding hydrogens is 181 g/mol. The van der Waals surface area contributed by atoms with Crippen molar-refractivity contribution in [1.82, 2.24) is 0 Å². The summed E-state index contributed by atoms with van der Waals surface area (Å²) in [4.78, 5) is 0. The van der Waals surface area contributed by atoms with Crippen LogP contribution in [0.25, 0.3) is 0 Å². The molecule has 8 heteroatoms. The third kappa shape index (κ3) is 3.22. The molecule has 0 atom stereocenters. The summed E-state index contributed by atoms with van der Waals surface area (Å²) in [5.74, 6) is 0. The van der Waals surface area contributed by atoms with Crippen LogP contribution in [0.5, 0.6) is 0 Å². The molecule has 0 unspecified atom stereocenters. The standard InChI is InChI=1S/C2H4F2O4S.Na.H/c3-2(4,1-5)9(6,7)8;;/h5H,1H2,(H,6,7,8);;. The van der Waals surface area contributed by atoms with Crippen molar-refractivity contribution in [2.24, 2.45) is 0 Å². The molecule has 0 aliphatic carbocycles. The van der Waals surface area contributed by atoms with Crippen LogP contribution in [0, 0.1) is 0 Å². The summed E-state index contributed by atoms with van der Waals surface area (Å²) in [7, 11) is -5.44. The molecule has 2 N–H and O–H groups in total. The van der Waals surface area contributed by atoms with Crippen LogP contribution in [0.2, 0.25) is 0 Å². The zero-order valence-corrected chi connectivity index (χ0v) is 4.90. The summed E-state index contributed by atoms with van der Waals surface area (Å²) in [5, 5.41) is 3.20. The van der Waals surface area contributed by atoms with E-state index < -0.39 is 22.0 Å². The summed E-state index contributed by atoms with van der Waals surface area (Å²) < 4.78 is 49.8. The zero-order valence-electron chi connectivity index (χ0n) is 4.08. The third-order valence-electron chi connectivity index (χ3n) is 0.561. The molecule has 0 saturated carbocycles. The summed E-state index contributed by atoms with van der Waals surface area (Å²) in [6, 6.07) is 0. The van der Waals surface area contributed by atoms with Crippen molar-refractivity contribution in [3.05, 3.63) is 0 Å². The molecule has 0 spiro atoms. The Bertz CT molecular complexity index is 187. The van der Waals surface area contributed by atoms with Gasteiger partial charge in [-0.3, -0.25) is 4.55 Å². The van der Waals surface area contributed by atoms with E-state index in [0.29, 0.717) is 0 Å². The fraction of sp³-hybridized carbons (Fsp3) is 1.00. The number of hydrogen-bond donors (Lipinski definition) is 2. The summed E-state index contributed by atoms with van der Waals surface area (Å²) >= 11 is 0. The van der Waals surface area contributed by atoms with Crippen molar-refractivity contribution in [1.29, 1.82) is 0 Å². The molecule has 0 bridgehead atoms. The van der Waals surface area contributed by atoms with Crippen molar-refractivity contribution in [2.45, 2.75) is 5.25 Å². The molecule has 0 aromatic heterocycles. The predicted molar refractivity (Wildman–Crippen MR) is 30.7 cm³/mol. The Hall–Kier alpha value is 0.730. The first kappa shape index (κ1) is 13.3. The van der Waals surface area contributed by atoms with Gasteiger partial charge in [-0.1, -0.05) is 0 Å². The molecular formula is C2H5F2NaO4S. The second-order valence-corrected chi connectivity index (χ2v) is 2.82. The molecule has 0 aliphatic rings. The van der Waals surface area contributed by atoms with E-state index in [-0.39, 0.29) is 29.6 Å². The molecule has 0 aromatic rings. The average Bonchev–Trinajstić information content (AvgIpc) is 1.64. The maximum atomic E-state index is 11.6. The van der Waals surface area contributed by atoms with Crippen molar-refractivity contribution in [3.63, 3.8) is 0 Å². The number of alkyl halides is 2. The Morgan fingerprint density at radius 1 is 1.40 bits per heavy atom. The molecule has 0 heterocycles. The molecule has 0 saturated heterocycles. The average molecular weight is 186 g/mol. The second-order valence-electron chi connectivity index (χ2n) is 1.27. The van der Waals surface area contributed by atoms with Gasteiger partial charge in [-0.25, -0.2) is 0 Å². The first-order chi connectivity index (χ1) is 3.81. The number of aliphatic hydroxyl groups is 1. The first-order valence-corrected chi connectivity index (χ1v) is 3.21. The third-order valence-corrected chi connectivity index (χ3v) is 1.45. The van der Waals surface area contributed by atoms with E-state index >= 15 is 0 Å². The summed E-state index contributed by atoms with van der Waals surface area (Å²) in [6.45, 7) is -1.91. The van der Waals surface area contributed by atoms with E-state index in [1.165, 1.54) is 0 Å². The first-order valence-electron chi connectivity index (χ1n) is 1.77. The fourth-order valence-corrected chi connectivity index (χ4v) is 0.245. The molecule has 0 aliphatic heterocycles.